The molecule has 11 nitrogen and oxygen atoms in total. The molecule has 39 heavy (non-hydrogen) atoms. The fourth-order valence-electron chi connectivity index (χ4n) is 6.10. The first kappa shape index (κ1) is 25.3. The molecule has 2 bridgehead atoms. The van der Waals surface area contributed by atoms with Crippen molar-refractivity contribution in [2.24, 2.45) is 0 Å². The zero-order chi connectivity index (χ0) is 27.2. The minimum Gasteiger partial charge on any atom is -0.391 e. The van der Waals surface area contributed by atoms with Crippen LogP contribution in [0.2, 0.25) is 0 Å². The van der Waals surface area contributed by atoms with Gasteiger partial charge in [-0.3, -0.25) is 14.6 Å². The van der Waals surface area contributed by atoms with Crippen molar-refractivity contribution < 1.29 is 19.8 Å². The number of nitriles is 1. The van der Waals surface area contributed by atoms with E-state index in [-0.39, 0.29) is 24.5 Å². The lowest BCUT2D eigenvalue weighted by Gasteiger charge is -2.51. The fourth-order valence-corrected chi connectivity index (χ4v) is 6.10. The summed E-state index contributed by atoms with van der Waals surface area (Å²) in [7, 11) is 0. The van der Waals surface area contributed by atoms with E-state index in [4.69, 9.17) is 0 Å². The highest BCUT2D eigenvalue weighted by Crippen LogP contribution is 2.48. The Bertz CT molecular complexity index is 1470. The molecule has 0 spiro atoms. The van der Waals surface area contributed by atoms with Crippen LogP contribution in [-0.4, -0.2) is 78.4 Å². The number of amides is 2. The highest BCUT2D eigenvalue weighted by molar-refractivity contribution is 6.01. The number of nitrogens with one attached hydrogen (secondary N) is 2. The molecule has 11 heteroatoms. The van der Waals surface area contributed by atoms with Crippen molar-refractivity contribution in [1.82, 2.24) is 24.8 Å². The molecule has 1 aliphatic heterocycles. The van der Waals surface area contributed by atoms with E-state index in [1.165, 1.54) is 12.4 Å². The third-order valence-corrected chi connectivity index (χ3v) is 8.56. The number of fused-ring (bicyclic) bond motifs is 4. The molecule has 3 aromatic heterocycles. The van der Waals surface area contributed by atoms with Crippen molar-refractivity contribution in [2.75, 3.05) is 25.0 Å². The van der Waals surface area contributed by atoms with Gasteiger partial charge in [0.05, 0.1) is 58.2 Å². The molecule has 1 saturated heterocycles. The molecule has 4 heterocycles. The Balaban J connectivity index is 1.30. The molecule has 202 valence electrons. The second-order valence-corrected chi connectivity index (χ2v) is 11.1. The Morgan fingerprint density at radius 1 is 1.13 bits per heavy atom. The van der Waals surface area contributed by atoms with Gasteiger partial charge in [-0.2, -0.15) is 10.4 Å². The van der Waals surface area contributed by atoms with Crippen LogP contribution in [0.4, 0.5) is 5.69 Å². The topological polar surface area (TPSA) is 156 Å². The lowest BCUT2D eigenvalue weighted by Crippen LogP contribution is -2.54. The average Bonchev–Trinajstić information content (AvgIpc) is 3.58. The monoisotopic (exact) mass is 529 g/mol. The molecule has 7 rings (SSSR count). The molecule has 3 saturated carbocycles. The van der Waals surface area contributed by atoms with Gasteiger partial charge in [0, 0.05) is 24.8 Å². The molecule has 3 aromatic rings. The minimum absolute atomic E-state index is 0.167. The van der Waals surface area contributed by atoms with Gasteiger partial charge in [0.1, 0.15) is 6.07 Å². The molecule has 1 atom stereocenters. The van der Waals surface area contributed by atoms with Crippen molar-refractivity contribution in [3.8, 4) is 17.5 Å². The molecular formula is C28H31N7O4. The van der Waals surface area contributed by atoms with Crippen LogP contribution in [0, 0.1) is 11.3 Å². The Morgan fingerprint density at radius 2 is 1.90 bits per heavy atom. The minimum atomic E-state index is -0.588. The maximum atomic E-state index is 13.3. The van der Waals surface area contributed by atoms with Gasteiger partial charge in [0.15, 0.2) is 0 Å². The van der Waals surface area contributed by atoms with Crippen LogP contribution in [0.25, 0.3) is 16.9 Å². The second-order valence-electron chi connectivity index (χ2n) is 11.1. The molecule has 4 fully saturated rings. The molecule has 4 N–H and O–H groups in total. The number of aromatic nitrogens is 3. The number of hydrogen-bond acceptors (Lipinski definition) is 8. The zero-order valence-electron chi connectivity index (χ0n) is 21.6. The lowest BCUT2D eigenvalue weighted by molar-refractivity contribution is -0.129. The van der Waals surface area contributed by atoms with Crippen LogP contribution in [0.3, 0.4) is 0 Å². The van der Waals surface area contributed by atoms with E-state index in [2.05, 4.69) is 26.8 Å². The van der Waals surface area contributed by atoms with E-state index in [1.807, 2.05) is 18.2 Å². The Labute approximate surface area is 225 Å². The predicted octanol–water partition coefficient (Wildman–Crippen LogP) is 1.84. The van der Waals surface area contributed by atoms with Crippen molar-refractivity contribution in [3.63, 3.8) is 0 Å². The van der Waals surface area contributed by atoms with E-state index in [0.717, 1.165) is 24.8 Å². The Hall–Kier alpha value is -4.01. The molecule has 0 radical (unpaired) electrons. The van der Waals surface area contributed by atoms with Crippen LogP contribution >= 0.6 is 0 Å². The van der Waals surface area contributed by atoms with Crippen LogP contribution < -0.4 is 10.6 Å². The summed E-state index contributed by atoms with van der Waals surface area (Å²) in [6.45, 7) is 0.587. The SMILES string of the molecule is N#Cc1cnn2c(-c3cc(NC45CCC(O)(CC4)CC5)c(C(=O)NCC(=O)N4CCC(O)C4)cn3)ccc2c1. The van der Waals surface area contributed by atoms with Gasteiger partial charge in [-0.05, 0) is 69.2 Å². The molecule has 0 aromatic carbocycles. The first-order valence-electron chi connectivity index (χ1n) is 13.4. The predicted molar refractivity (Wildman–Crippen MR) is 142 cm³/mol. The Kier molecular flexibility index (Phi) is 6.24. The lowest BCUT2D eigenvalue weighted by atomic mass is 9.63. The molecule has 4 aliphatic rings. The maximum absolute atomic E-state index is 13.3. The van der Waals surface area contributed by atoms with Crippen LogP contribution in [0.1, 0.15) is 60.9 Å². The number of carbonyl (C=O) groups is 2. The van der Waals surface area contributed by atoms with Gasteiger partial charge in [-0.1, -0.05) is 0 Å². The summed E-state index contributed by atoms with van der Waals surface area (Å²) in [6, 6.07) is 9.41. The van der Waals surface area contributed by atoms with E-state index >= 15 is 0 Å². The quantitative estimate of drug-likeness (QED) is 0.377. The summed E-state index contributed by atoms with van der Waals surface area (Å²) in [5, 5.41) is 40.4. The van der Waals surface area contributed by atoms with Gasteiger partial charge in [0.25, 0.3) is 5.91 Å². The molecule has 3 aliphatic carbocycles. The van der Waals surface area contributed by atoms with E-state index < -0.39 is 17.6 Å². The first-order chi connectivity index (χ1) is 18.8. The van der Waals surface area contributed by atoms with Gasteiger partial charge in [-0.15, -0.1) is 0 Å². The molecule has 2 amide bonds. The molecular weight excluding hydrogens is 498 g/mol. The largest absolute Gasteiger partial charge is 0.391 e. The normalized spacial score (nSPS) is 26.0. The number of nitrogens with zero attached hydrogens (tertiary/aromatic N) is 5. The summed E-state index contributed by atoms with van der Waals surface area (Å²) in [4.78, 5) is 32.0. The summed E-state index contributed by atoms with van der Waals surface area (Å²) >= 11 is 0. The maximum Gasteiger partial charge on any atom is 0.255 e. The standard InChI is InChI=1S/C28H31N7O4/c29-13-18-11-19-1-2-24(35(19)32-14-18)23-12-22(33-27-4-7-28(39,8-5-27)9-6-27)21(15-30-23)26(38)31-16-25(37)34-10-3-20(36)17-34/h1-2,11-12,14-15,20,36,39H,3-10,16-17H2,(H,30,33)(H,31,38). The van der Waals surface area contributed by atoms with E-state index in [0.29, 0.717) is 60.4 Å². The number of pyridine rings is 1. The second kappa shape index (κ2) is 9.63. The third kappa shape index (κ3) is 4.82. The van der Waals surface area contributed by atoms with Crippen LogP contribution in [0.15, 0.2) is 36.7 Å². The Morgan fingerprint density at radius 3 is 2.59 bits per heavy atom. The van der Waals surface area contributed by atoms with Gasteiger partial charge in [-0.25, -0.2) is 4.52 Å². The number of aliphatic hydroxyl groups is 2. The number of aliphatic hydroxyl groups excluding tert-OH is 1. The number of β-amino-alcohol motifs (C(OH)–C–C–N with tert-alkyl or cyclic N) is 1. The summed E-state index contributed by atoms with van der Waals surface area (Å²) < 4.78 is 1.70. The highest BCUT2D eigenvalue weighted by Gasteiger charge is 2.48. The number of carbonyl (C=O) groups excluding carboxylic acids is 2. The van der Waals surface area contributed by atoms with Crippen LogP contribution in [-0.2, 0) is 4.79 Å². The number of hydrogen-bond donors (Lipinski definition) is 4. The number of anilines is 1. The number of rotatable bonds is 6. The van der Waals surface area contributed by atoms with Crippen molar-refractivity contribution in [2.45, 2.75) is 62.2 Å². The van der Waals surface area contributed by atoms with Crippen molar-refractivity contribution >= 4 is 23.0 Å². The summed E-state index contributed by atoms with van der Waals surface area (Å²) in [5.41, 5.74) is 2.65. The highest BCUT2D eigenvalue weighted by atomic mass is 16.3. The summed E-state index contributed by atoms with van der Waals surface area (Å²) in [5.74, 6) is -0.653. The number of likely N-dealkylation sites (tertiary alicyclic amines) is 1. The van der Waals surface area contributed by atoms with Crippen LogP contribution in [0.5, 0.6) is 0 Å². The average molecular weight is 530 g/mol. The van der Waals surface area contributed by atoms with E-state index in [9.17, 15) is 25.1 Å². The third-order valence-electron chi connectivity index (χ3n) is 8.56. The van der Waals surface area contributed by atoms with Gasteiger partial charge < -0.3 is 25.7 Å². The fraction of sp³-hybridized carbons (Fsp3) is 0.464. The van der Waals surface area contributed by atoms with Gasteiger partial charge in [0.2, 0.25) is 5.91 Å². The van der Waals surface area contributed by atoms with Gasteiger partial charge >= 0.3 is 0 Å². The van der Waals surface area contributed by atoms with Crippen molar-refractivity contribution in [1.29, 1.82) is 5.26 Å². The summed E-state index contributed by atoms with van der Waals surface area (Å²) in [6.07, 6.45) is 7.55. The molecule has 1 unspecified atom stereocenters. The smallest absolute Gasteiger partial charge is 0.255 e. The van der Waals surface area contributed by atoms with E-state index in [1.54, 1.807) is 15.5 Å². The van der Waals surface area contributed by atoms with Crippen molar-refractivity contribution in [3.05, 3.63) is 47.8 Å². The first-order valence-corrected chi connectivity index (χ1v) is 13.4. The zero-order valence-corrected chi connectivity index (χ0v) is 21.6.